The molecule has 0 spiro atoms. The summed E-state index contributed by atoms with van der Waals surface area (Å²) in [5.41, 5.74) is -0.106. The molecule has 0 heterocycles. The molecule has 0 bridgehead atoms. The van der Waals surface area contributed by atoms with Gasteiger partial charge in [0.1, 0.15) is 5.38 Å². The Morgan fingerprint density at radius 2 is 2.10 bits per heavy atom. The second-order valence-corrected chi connectivity index (χ2v) is 4.37. The van der Waals surface area contributed by atoms with Crippen LogP contribution in [0.15, 0.2) is 18.2 Å². The van der Waals surface area contributed by atoms with Crippen LogP contribution in [-0.2, 0) is 9.53 Å². The van der Waals surface area contributed by atoms with E-state index < -0.39 is 22.2 Å². The van der Waals surface area contributed by atoms with Gasteiger partial charge in [-0.15, -0.1) is 11.6 Å². The van der Waals surface area contributed by atoms with Crippen LogP contribution in [0.2, 0.25) is 0 Å². The third-order valence-electron chi connectivity index (χ3n) is 2.54. The molecule has 0 aliphatic carbocycles. The number of alkyl halides is 1. The largest absolute Gasteiger partial charge is 0.490 e. The predicted molar refractivity (Wildman–Crippen MR) is 73.6 cm³/mol. The summed E-state index contributed by atoms with van der Waals surface area (Å²) in [6, 6.07) is 3.67. The molecule has 114 valence electrons. The SMILES string of the molecule is COC(=O)C(Cl)CNC(=O)c1ccc([N+](=O)[O-])c(OC)c1. The molecule has 0 fully saturated rings. The van der Waals surface area contributed by atoms with Crippen LogP contribution in [0.3, 0.4) is 0 Å². The lowest BCUT2D eigenvalue weighted by Gasteiger charge is -2.09. The van der Waals surface area contributed by atoms with Gasteiger partial charge in [-0.25, -0.2) is 0 Å². The summed E-state index contributed by atoms with van der Waals surface area (Å²) in [7, 11) is 2.44. The van der Waals surface area contributed by atoms with Crippen LogP contribution in [0, 0.1) is 10.1 Å². The van der Waals surface area contributed by atoms with E-state index in [2.05, 4.69) is 10.1 Å². The first kappa shape index (κ1) is 16.7. The van der Waals surface area contributed by atoms with Crippen molar-refractivity contribution in [1.82, 2.24) is 5.32 Å². The third-order valence-corrected chi connectivity index (χ3v) is 2.87. The average molecular weight is 317 g/mol. The highest BCUT2D eigenvalue weighted by atomic mass is 35.5. The lowest BCUT2D eigenvalue weighted by Crippen LogP contribution is -2.34. The minimum absolute atomic E-state index is 0.0389. The van der Waals surface area contributed by atoms with Gasteiger partial charge in [-0.05, 0) is 6.07 Å². The van der Waals surface area contributed by atoms with Crippen molar-refractivity contribution in [3.05, 3.63) is 33.9 Å². The summed E-state index contributed by atoms with van der Waals surface area (Å²) < 4.78 is 9.27. The van der Waals surface area contributed by atoms with Crippen LogP contribution in [0.5, 0.6) is 5.75 Å². The number of rotatable bonds is 6. The monoisotopic (exact) mass is 316 g/mol. The zero-order chi connectivity index (χ0) is 16.0. The van der Waals surface area contributed by atoms with Gasteiger partial charge in [0.05, 0.1) is 19.1 Å². The fraction of sp³-hybridized carbons (Fsp3) is 0.333. The van der Waals surface area contributed by atoms with Crippen molar-refractivity contribution in [2.24, 2.45) is 0 Å². The molecule has 1 unspecified atom stereocenters. The normalized spacial score (nSPS) is 11.4. The Labute approximate surface area is 125 Å². The van der Waals surface area contributed by atoms with Gasteiger partial charge in [0.15, 0.2) is 5.75 Å². The van der Waals surface area contributed by atoms with Crippen LogP contribution < -0.4 is 10.1 Å². The second-order valence-electron chi connectivity index (χ2n) is 3.84. The Kier molecular flexibility index (Phi) is 5.92. The standard InChI is InChI=1S/C12H13ClN2O6/c1-20-10-5-7(3-4-9(10)15(18)19)11(16)14-6-8(13)12(17)21-2/h3-5,8H,6H2,1-2H3,(H,14,16). The van der Waals surface area contributed by atoms with Gasteiger partial charge in [0, 0.05) is 24.2 Å². The molecule has 0 aliphatic rings. The van der Waals surface area contributed by atoms with E-state index in [-0.39, 0.29) is 23.5 Å². The van der Waals surface area contributed by atoms with Crippen LogP contribution in [0.25, 0.3) is 0 Å². The number of methoxy groups -OCH3 is 2. The number of nitrogens with one attached hydrogen (secondary N) is 1. The van der Waals surface area contributed by atoms with Crippen LogP contribution in [0.4, 0.5) is 5.69 Å². The maximum atomic E-state index is 11.9. The number of nitro benzene ring substituents is 1. The Hall–Kier alpha value is -2.35. The highest BCUT2D eigenvalue weighted by molar-refractivity contribution is 6.30. The van der Waals surface area contributed by atoms with Crippen molar-refractivity contribution < 1.29 is 24.0 Å². The fourth-order valence-electron chi connectivity index (χ4n) is 1.47. The maximum absolute atomic E-state index is 11.9. The number of hydrogen-bond acceptors (Lipinski definition) is 6. The molecule has 1 atom stereocenters. The molecule has 1 aromatic rings. The summed E-state index contributed by atoms with van der Waals surface area (Å²) in [5, 5.41) is 12.1. The number of esters is 1. The quantitative estimate of drug-likeness (QED) is 0.364. The topological polar surface area (TPSA) is 108 Å². The van der Waals surface area contributed by atoms with Crippen molar-refractivity contribution >= 4 is 29.2 Å². The van der Waals surface area contributed by atoms with E-state index in [1.165, 1.54) is 26.4 Å². The van der Waals surface area contributed by atoms with Gasteiger partial charge >= 0.3 is 11.7 Å². The van der Waals surface area contributed by atoms with Gasteiger partial charge in [0.2, 0.25) is 0 Å². The molecule has 1 rings (SSSR count). The summed E-state index contributed by atoms with van der Waals surface area (Å²) in [6.45, 7) is -0.133. The smallest absolute Gasteiger partial charge is 0.325 e. The highest BCUT2D eigenvalue weighted by Crippen LogP contribution is 2.27. The lowest BCUT2D eigenvalue weighted by molar-refractivity contribution is -0.385. The fourth-order valence-corrected chi connectivity index (χ4v) is 1.63. The Bertz CT molecular complexity index is 563. The predicted octanol–water partition coefficient (Wildman–Crippen LogP) is 1.11. The summed E-state index contributed by atoms with van der Waals surface area (Å²) >= 11 is 5.69. The third kappa shape index (κ3) is 4.32. The van der Waals surface area contributed by atoms with E-state index in [1.54, 1.807) is 0 Å². The molecule has 1 amide bonds. The second kappa shape index (κ2) is 7.44. The van der Waals surface area contributed by atoms with Gasteiger partial charge in [-0.2, -0.15) is 0 Å². The van der Waals surface area contributed by atoms with E-state index in [1.807, 2.05) is 0 Å². The van der Waals surface area contributed by atoms with Crippen LogP contribution in [-0.4, -0.2) is 42.9 Å². The average Bonchev–Trinajstić information content (AvgIpc) is 2.50. The van der Waals surface area contributed by atoms with Gasteiger partial charge in [-0.3, -0.25) is 19.7 Å². The number of hydrogen-bond donors (Lipinski definition) is 1. The number of ether oxygens (including phenoxy) is 2. The van der Waals surface area contributed by atoms with E-state index in [0.29, 0.717) is 0 Å². The first-order valence-corrected chi connectivity index (χ1v) is 6.16. The van der Waals surface area contributed by atoms with E-state index in [4.69, 9.17) is 16.3 Å². The van der Waals surface area contributed by atoms with Crippen molar-refractivity contribution in [3.8, 4) is 5.75 Å². The van der Waals surface area contributed by atoms with E-state index in [0.717, 1.165) is 6.07 Å². The number of carbonyl (C=O) groups is 2. The Balaban J connectivity index is 2.79. The first-order valence-electron chi connectivity index (χ1n) is 5.73. The minimum atomic E-state index is -1.01. The molecule has 1 N–H and O–H groups in total. The highest BCUT2D eigenvalue weighted by Gasteiger charge is 2.20. The maximum Gasteiger partial charge on any atom is 0.325 e. The Morgan fingerprint density at radius 3 is 2.62 bits per heavy atom. The summed E-state index contributed by atoms with van der Waals surface area (Å²) in [5.74, 6) is -1.25. The van der Waals surface area contributed by atoms with Crippen LogP contribution in [0.1, 0.15) is 10.4 Å². The number of amides is 1. The molecule has 0 saturated heterocycles. The molecular weight excluding hydrogens is 304 g/mol. The van der Waals surface area contributed by atoms with Gasteiger partial charge in [-0.1, -0.05) is 0 Å². The molecule has 0 radical (unpaired) electrons. The molecule has 0 saturated carbocycles. The molecule has 0 aromatic heterocycles. The molecular formula is C12H13ClN2O6. The minimum Gasteiger partial charge on any atom is -0.490 e. The van der Waals surface area contributed by atoms with Gasteiger partial charge in [0.25, 0.3) is 5.91 Å². The van der Waals surface area contributed by atoms with Crippen LogP contribution >= 0.6 is 11.6 Å². The number of nitro groups is 1. The summed E-state index contributed by atoms with van der Waals surface area (Å²) in [6.07, 6.45) is 0. The molecule has 0 aliphatic heterocycles. The molecule has 8 nitrogen and oxygen atoms in total. The molecule has 1 aromatic carbocycles. The van der Waals surface area contributed by atoms with Crippen molar-refractivity contribution in [3.63, 3.8) is 0 Å². The number of benzene rings is 1. The van der Waals surface area contributed by atoms with E-state index >= 15 is 0 Å². The zero-order valence-electron chi connectivity index (χ0n) is 11.3. The molecule has 9 heteroatoms. The molecule has 21 heavy (non-hydrogen) atoms. The van der Waals surface area contributed by atoms with Crippen molar-refractivity contribution in [2.75, 3.05) is 20.8 Å². The van der Waals surface area contributed by atoms with Crippen molar-refractivity contribution in [1.29, 1.82) is 0 Å². The van der Waals surface area contributed by atoms with Gasteiger partial charge < -0.3 is 14.8 Å². The van der Waals surface area contributed by atoms with Crippen molar-refractivity contribution in [2.45, 2.75) is 5.38 Å². The number of nitrogens with zero attached hydrogens (tertiary/aromatic N) is 1. The van der Waals surface area contributed by atoms with E-state index in [9.17, 15) is 19.7 Å². The number of carbonyl (C=O) groups excluding carboxylic acids is 2. The number of halogens is 1. The zero-order valence-corrected chi connectivity index (χ0v) is 12.0. The Morgan fingerprint density at radius 1 is 1.43 bits per heavy atom. The summed E-state index contributed by atoms with van der Waals surface area (Å²) in [4.78, 5) is 33.1. The first-order chi connectivity index (χ1) is 9.90. The lowest BCUT2D eigenvalue weighted by atomic mass is 10.1.